The zero-order valence-electron chi connectivity index (χ0n) is 25.8. The Labute approximate surface area is 245 Å². The van der Waals surface area contributed by atoms with Gasteiger partial charge >= 0.3 is 5.97 Å². The van der Waals surface area contributed by atoms with E-state index in [-0.39, 0.29) is 23.6 Å². The second-order valence-electron chi connectivity index (χ2n) is 13.0. The van der Waals surface area contributed by atoms with Crippen LogP contribution in [0, 0.1) is 17.3 Å². The Balaban J connectivity index is 1.72. The zero-order chi connectivity index (χ0) is 28.6. The van der Waals surface area contributed by atoms with E-state index in [9.17, 15) is 9.90 Å². The summed E-state index contributed by atoms with van der Waals surface area (Å²) in [6.45, 7) is 10.0. The maximum atomic E-state index is 12.1. The zero-order valence-corrected chi connectivity index (χ0v) is 26.6. The predicted octanol–water partition coefficient (Wildman–Crippen LogP) is 8.96. The topological polar surface area (TPSA) is 65.0 Å². The number of ether oxygens (including phenoxy) is 3. The van der Waals surface area contributed by atoms with Gasteiger partial charge in [-0.3, -0.25) is 4.79 Å². The number of unbranched alkanes of at least 4 members (excludes halogenated alkanes) is 9. The molecule has 1 aliphatic carbocycles. The fourth-order valence-electron chi connectivity index (χ4n) is 6.61. The molecule has 6 heteroatoms. The van der Waals surface area contributed by atoms with Crippen molar-refractivity contribution in [3.8, 4) is 0 Å². The molecule has 1 saturated carbocycles. The van der Waals surface area contributed by atoms with Crippen LogP contribution >= 0.6 is 11.6 Å². The van der Waals surface area contributed by atoms with Crippen molar-refractivity contribution in [2.75, 3.05) is 19.1 Å². The van der Waals surface area contributed by atoms with Gasteiger partial charge in [0.2, 0.25) is 0 Å². The average molecular weight is 573 g/mol. The van der Waals surface area contributed by atoms with Crippen LogP contribution in [0.25, 0.3) is 0 Å². The van der Waals surface area contributed by atoms with E-state index < -0.39 is 5.79 Å². The molecular weight excluding hydrogens is 512 g/mol. The second-order valence-corrected chi connectivity index (χ2v) is 13.4. The predicted molar refractivity (Wildman–Crippen MR) is 161 cm³/mol. The molecule has 0 aromatic carbocycles. The summed E-state index contributed by atoms with van der Waals surface area (Å²) < 4.78 is 18.2. The van der Waals surface area contributed by atoms with Crippen LogP contribution in [-0.4, -0.2) is 48.2 Å². The molecule has 0 bridgehead atoms. The number of hydrogen-bond donors (Lipinski definition) is 1. The number of rotatable bonds is 22. The van der Waals surface area contributed by atoms with Gasteiger partial charge in [-0.25, -0.2) is 0 Å². The number of halogens is 1. The van der Waals surface area contributed by atoms with E-state index in [4.69, 9.17) is 25.8 Å². The van der Waals surface area contributed by atoms with Crippen molar-refractivity contribution >= 4 is 17.6 Å². The number of aliphatic hydroxyl groups is 1. The van der Waals surface area contributed by atoms with Gasteiger partial charge in [0.15, 0.2) is 5.79 Å². The van der Waals surface area contributed by atoms with Gasteiger partial charge < -0.3 is 19.3 Å². The number of carbonyl (C=O) groups excluding carboxylic acids is 1. The molecule has 2 unspecified atom stereocenters. The SMILES string of the molecule is CCCCCCCCOC(=O)CCCCCC[C@@H]1[C@@H](CC[C@H](O)C(C)(C)CCCC)CCC12OCC(CCl)O2. The largest absolute Gasteiger partial charge is 0.466 e. The highest BCUT2D eigenvalue weighted by atomic mass is 35.5. The molecule has 2 aliphatic rings. The average Bonchev–Trinajstić information content (AvgIpc) is 3.50. The lowest BCUT2D eigenvalue weighted by atomic mass is 9.77. The van der Waals surface area contributed by atoms with Gasteiger partial charge in [-0.1, -0.05) is 91.9 Å². The Morgan fingerprint density at radius 3 is 2.41 bits per heavy atom. The van der Waals surface area contributed by atoms with Crippen molar-refractivity contribution in [3.63, 3.8) is 0 Å². The first-order valence-corrected chi connectivity index (χ1v) is 17.0. The first kappa shape index (κ1) is 34.8. The van der Waals surface area contributed by atoms with Gasteiger partial charge in [0.05, 0.1) is 31.3 Å². The molecule has 0 aromatic rings. The van der Waals surface area contributed by atoms with Gasteiger partial charge in [-0.2, -0.15) is 0 Å². The van der Waals surface area contributed by atoms with Crippen LogP contribution in [0.5, 0.6) is 0 Å². The third kappa shape index (κ3) is 12.2. The summed E-state index contributed by atoms with van der Waals surface area (Å²) in [6.07, 6.45) is 20.0. The van der Waals surface area contributed by atoms with Crippen LogP contribution in [0.4, 0.5) is 0 Å². The Morgan fingerprint density at radius 2 is 1.69 bits per heavy atom. The van der Waals surface area contributed by atoms with Gasteiger partial charge in [0.25, 0.3) is 0 Å². The van der Waals surface area contributed by atoms with Crippen LogP contribution in [0.2, 0.25) is 0 Å². The van der Waals surface area contributed by atoms with Gasteiger partial charge in [-0.05, 0) is 56.3 Å². The maximum Gasteiger partial charge on any atom is 0.305 e. The minimum Gasteiger partial charge on any atom is -0.466 e. The lowest BCUT2D eigenvalue weighted by molar-refractivity contribution is -0.196. The summed E-state index contributed by atoms with van der Waals surface area (Å²) in [6, 6.07) is 0. The summed E-state index contributed by atoms with van der Waals surface area (Å²) in [5.74, 6) is 0.788. The molecule has 2 fully saturated rings. The first-order chi connectivity index (χ1) is 18.8. The van der Waals surface area contributed by atoms with Crippen molar-refractivity contribution in [2.45, 2.75) is 168 Å². The molecule has 2 rings (SSSR count). The number of alkyl halides is 1. The second kappa shape index (κ2) is 18.9. The molecule has 5 nitrogen and oxygen atoms in total. The minimum atomic E-state index is -0.493. The van der Waals surface area contributed by atoms with Crippen molar-refractivity contribution in [3.05, 3.63) is 0 Å². The van der Waals surface area contributed by atoms with Gasteiger partial charge in [0, 0.05) is 18.8 Å². The normalized spacial score (nSPS) is 25.9. The van der Waals surface area contributed by atoms with Crippen LogP contribution in [0.1, 0.15) is 150 Å². The highest BCUT2D eigenvalue weighted by Gasteiger charge is 2.54. The summed E-state index contributed by atoms with van der Waals surface area (Å²) in [5, 5.41) is 11.0. The third-order valence-electron chi connectivity index (χ3n) is 9.34. The fourth-order valence-corrected chi connectivity index (χ4v) is 6.76. The Hall–Kier alpha value is -0.360. The highest BCUT2D eigenvalue weighted by Crippen LogP contribution is 2.51. The van der Waals surface area contributed by atoms with Gasteiger partial charge in [-0.15, -0.1) is 11.6 Å². The molecule has 1 heterocycles. The first-order valence-electron chi connectivity index (χ1n) is 16.5. The summed E-state index contributed by atoms with van der Waals surface area (Å²) in [5.41, 5.74) is -0.0400. The lowest BCUT2D eigenvalue weighted by Gasteiger charge is -2.35. The molecule has 5 atom stereocenters. The minimum absolute atomic E-state index is 0.0196. The van der Waals surface area contributed by atoms with Crippen LogP contribution < -0.4 is 0 Å². The molecule has 1 aliphatic heterocycles. The molecule has 0 radical (unpaired) electrons. The Bertz CT molecular complexity index is 656. The number of carbonyl (C=O) groups is 1. The third-order valence-corrected chi connectivity index (χ3v) is 9.69. The van der Waals surface area contributed by atoms with Crippen molar-refractivity contribution < 1.29 is 24.1 Å². The van der Waals surface area contributed by atoms with E-state index in [1.54, 1.807) is 0 Å². The quantitative estimate of drug-likeness (QED) is 0.0796. The maximum absolute atomic E-state index is 12.1. The van der Waals surface area contributed by atoms with Crippen LogP contribution in [0.3, 0.4) is 0 Å². The van der Waals surface area contributed by atoms with Crippen LogP contribution in [-0.2, 0) is 19.0 Å². The molecule has 1 N–H and O–H groups in total. The van der Waals surface area contributed by atoms with Crippen LogP contribution in [0.15, 0.2) is 0 Å². The molecule has 0 amide bonds. The highest BCUT2D eigenvalue weighted by molar-refractivity contribution is 6.18. The molecular formula is C33H61ClO5. The van der Waals surface area contributed by atoms with E-state index in [0.29, 0.717) is 37.4 Å². The van der Waals surface area contributed by atoms with E-state index >= 15 is 0 Å². The summed E-state index contributed by atoms with van der Waals surface area (Å²) in [7, 11) is 0. The molecule has 1 saturated heterocycles. The van der Waals surface area contributed by atoms with E-state index in [0.717, 1.165) is 83.5 Å². The van der Waals surface area contributed by atoms with Crippen molar-refractivity contribution in [1.82, 2.24) is 0 Å². The number of aliphatic hydroxyl groups excluding tert-OH is 1. The van der Waals surface area contributed by atoms with Gasteiger partial charge in [0.1, 0.15) is 0 Å². The monoisotopic (exact) mass is 572 g/mol. The molecule has 1 spiro atoms. The summed E-state index contributed by atoms with van der Waals surface area (Å²) >= 11 is 6.12. The standard InChI is InChI=1S/C33H61ClO5/c1-5-7-9-10-13-16-24-37-31(36)18-15-12-11-14-17-29-27(19-20-30(35)32(3,4)22-8-6-2)21-23-33(29)38-26-28(25-34)39-33/h27-30,35H,5-26H2,1-4H3/t27-,28?,29+,30-,33?/m0/s1. The smallest absolute Gasteiger partial charge is 0.305 e. The lowest BCUT2D eigenvalue weighted by Crippen LogP contribution is -2.38. The molecule has 39 heavy (non-hydrogen) atoms. The summed E-state index contributed by atoms with van der Waals surface area (Å²) in [4.78, 5) is 12.1. The Morgan fingerprint density at radius 1 is 1.00 bits per heavy atom. The Kier molecular flexibility index (Phi) is 16.9. The van der Waals surface area contributed by atoms with Crippen molar-refractivity contribution in [1.29, 1.82) is 0 Å². The van der Waals surface area contributed by atoms with E-state index in [1.165, 1.54) is 32.1 Å². The molecule has 0 aromatic heterocycles. The molecule has 230 valence electrons. The fraction of sp³-hybridized carbons (Fsp3) is 0.970. The van der Waals surface area contributed by atoms with Crippen molar-refractivity contribution in [2.24, 2.45) is 17.3 Å². The van der Waals surface area contributed by atoms with E-state index in [1.807, 2.05) is 0 Å². The number of hydrogen-bond acceptors (Lipinski definition) is 5. The van der Waals surface area contributed by atoms with E-state index in [2.05, 4.69) is 27.7 Å². The number of esters is 1.